The van der Waals surface area contributed by atoms with Crippen molar-refractivity contribution in [3.05, 3.63) is 53.7 Å². The summed E-state index contributed by atoms with van der Waals surface area (Å²) < 4.78 is 10.8. The Labute approximate surface area is 180 Å². The number of rotatable bonds is 8. The van der Waals surface area contributed by atoms with Gasteiger partial charge in [0.1, 0.15) is 12.4 Å². The van der Waals surface area contributed by atoms with E-state index in [0.29, 0.717) is 35.7 Å². The Balaban J connectivity index is 1.54. The van der Waals surface area contributed by atoms with Crippen LogP contribution < -0.4 is 4.90 Å². The van der Waals surface area contributed by atoms with Gasteiger partial charge >= 0.3 is 12.1 Å². The van der Waals surface area contributed by atoms with Crippen molar-refractivity contribution in [2.45, 2.75) is 25.7 Å². The fraction of sp³-hybridized carbons (Fsp3) is 0.409. The maximum absolute atomic E-state index is 12.9. The quantitative estimate of drug-likeness (QED) is 0.637. The van der Waals surface area contributed by atoms with Gasteiger partial charge in [-0.15, -0.1) is 0 Å². The summed E-state index contributed by atoms with van der Waals surface area (Å²) in [6.07, 6.45) is 4.71. The topological polar surface area (TPSA) is 89.0 Å². The Bertz CT molecular complexity index is 823. The number of carboxylic acid groups (broad SMARTS) is 1. The molecule has 8 heteroatoms. The third-order valence-corrected chi connectivity index (χ3v) is 5.35. The van der Waals surface area contributed by atoms with Crippen LogP contribution in [0.25, 0.3) is 0 Å². The zero-order valence-corrected chi connectivity index (χ0v) is 17.3. The van der Waals surface area contributed by atoms with Crippen molar-refractivity contribution < 1.29 is 24.2 Å². The zero-order valence-electron chi connectivity index (χ0n) is 16.6. The minimum atomic E-state index is -0.950. The van der Waals surface area contributed by atoms with E-state index < -0.39 is 12.1 Å². The van der Waals surface area contributed by atoms with Gasteiger partial charge in [0, 0.05) is 6.20 Å². The zero-order chi connectivity index (χ0) is 21.3. The molecule has 0 aliphatic heterocycles. The van der Waals surface area contributed by atoms with Crippen LogP contribution in [0.15, 0.2) is 48.7 Å². The Kier molecular flexibility index (Phi) is 8.04. The largest absolute Gasteiger partial charge is 0.480 e. The number of ether oxygens (including phenoxy) is 2. The first kappa shape index (κ1) is 22.1. The monoisotopic (exact) mass is 432 g/mol. The number of carbonyl (C=O) groups is 2. The summed E-state index contributed by atoms with van der Waals surface area (Å²) >= 11 is 5.93. The Morgan fingerprint density at radius 1 is 1.03 bits per heavy atom. The maximum Gasteiger partial charge on any atom is 0.420 e. The van der Waals surface area contributed by atoms with Gasteiger partial charge in [0.25, 0.3) is 0 Å². The number of carbonyl (C=O) groups excluding carboxylic acids is 1. The van der Waals surface area contributed by atoms with E-state index in [-0.39, 0.29) is 12.5 Å². The number of benzene rings is 1. The molecule has 0 bridgehead atoms. The molecule has 160 valence electrons. The van der Waals surface area contributed by atoms with Crippen molar-refractivity contribution in [2.24, 2.45) is 11.8 Å². The Morgan fingerprint density at radius 2 is 1.70 bits per heavy atom. The number of amides is 1. The number of pyridine rings is 1. The molecule has 1 aliphatic carbocycles. The summed E-state index contributed by atoms with van der Waals surface area (Å²) in [7, 11) is 0. The van der Waals surface area contributed by atoms with Crippen molar-refractivity contribution in [1.82, 2.24) is 4.98 Å². The molecular weight excluding hydrogens is 408 g/mol. The molecule has 0 unspecified atom stereocenters. The number of halogens is 1. The minimum Gasteiger partial charge on any atom is -0.480 e. The van der Waals surface area contributed by atoms with E-state index in [1.54, 1.807) is 12.1 Å². The van der Waals surface area contributed by atoms with Crippen LogP contribution >= 0.6 is 11.6 Å². The molecule has 7 nitrogen and oxygen atoms in total. The van der Waals surface area contributed by atoms with Gasteiger partial charge in [-0.1, -0.05) is 29.8 Å². The fourth-order valence-electron chi connectivity index (χ4n) is 3.54. The predicted octanol–water partition coefficient (Wildman–Crippen LogP) is 4.92. The van der Waals surface area contributed by atoms with Gasteiger partial charge in [-0.05, 0) is 61.8 Å². The van der Waals surface area contributed by atoms with Gasteiger partial charge in [-0.3, -0.25) is 0 Å². The lowest BCUT2D eigenvalue weighted by Gasteiger charge is -2.29. The number of para-hydroxylation sites is 1. The summed E-state index contributed by atoms with van der Waals surface area (Å²) in [5, 5.41) is 9.13. The van der Waals surface area contributed by atoms with Crippen LogP contribution in [0.4, 0.5) is 16.3 Å². The maximum atomic E-state index is 12.9. The van der Waals surface area contributed by atoms with E-state index >= 15 is 0 Å². The van der Waals surface area contributed by atoms with Gasteiger partial charge in [0.05, 0.1) is 23.9 Å². The van der Waals surface area contributed by atoms with Crippen LogP contribution in [0.3, 0.4) is 0 Å². The van der Waals surface area contributed by atoms with Crippen molar-refractivity contribution in [3.8, 4) is 0 Å². The summed E-state index contributed by atoms with van der Waals surface area (Å²) in [5.74, 6) is 0.125. The molecule has 1 N–H and O–H groups in total. The van der Waals surface area contributed by atoms with E-state index in [0.717, 1.165) is 25.7 Å². The van der Waals surface area contributed by atoms with E-state index in [1.807, 2.05) is 30.3 Å². The predicted molar refractivity (Wildman–Crippen MR) is 113 cm³/mol. The smallest absolute Gasteiger partial charge is 0.420 e. The first-order valence-electron chi connectivity index (χ1n) is 9.96. The molecule has 3 rings (SSSR count). The highest BCUT2D eigenvalue weighted by Crippen LogP contribution is 2.30. The van der Waals surface area contributed by atoms with Crippen molar-refractivity contribution in [2.75, 3.05) is 24.7 Å². The molecule has 1 aromatic heterocycles. The van der Waals surface area contributed by atoms with Crippen molar-refractivity contribution in [3.63, 3.8) is 0 Å². The minimum absolute atomic E-state index is 0.258. The van der Waals surface area contributed by atoms with E-state index in [4.69, 9.17) is 26.2 Å². The summed E-state index contributed by atoms with van der Waals surface area (Å²) in [6, 6.07) is 12.6. The fourth-order valence-corrected chi connectivity index (χ4v) is 3.65. The number of aliphatic carboxylic acids is 1. The van der Waals surface area contributed by atoms with E-state index in [1.165, 1.54) is 11.1 Å². The molecule has 1 aliphatic rings. The molecule has 1 amide bonds. The molecule has 1 fully saturated rings. The number of carboxylic acids is 1. The lowest BCUT2D eigenvalue weighted by atomic mass is 9.83. The molecule has 1 saturated carbocycles. The highest BCUT2D eigenvalue weighted by molar-refractivity contribution is 6.30. The van der Waals surface area contributed by atoms with Gasteiger partial charge in [0.15, 0.2) is 0 Å². The lowest BCUT2D eigenvalue weighted by molar-refractivity contribution is -0.142. The Hall–Kier alpha value is -2.64. The van der Waals surface area contributed by atoms with Crippen LogP contribution in [0, 0.1) is 11.8 Å². The third-order valence-electron chi connectivity index (χ3n) is 5.13. The standard InChI is InChI=1S/C22H25ClN2O5/c23-18-10-11-20(24-12-18)25(19-4-2-1-3-5-19)22(28)30-14-17-8-6-16(7-9-17)13-29-15-21(26)27/h1-5,10-12,16-17H,6-9,13-15H2,(H,26,27)/t16-,17-. The highest BCUT2D eigenvalue weighted by atomic mass is 35.5. The Morgan fingerprint density at radius 3 is 2.30 bits per heavy atom. The second kappa shape index (κ2) is 10.9. The van der Waals surface area contributed by atoms with Crippen LogP contribution in [0.2, 0.25) is 5.02 Å². The molecule has 0 radical (unpaired) electrons. The van der Waals surface area contributed by atoms with Gasteiger partial charge in [0.2, 0.25) is 0 Å². The van der Waals surface area contributed by atoms with Crippen LogP contribution in [0.5, 0.6) is 0 Å². The third kappa shape index (κ3) is 6.43. The normalized spacial score (nSPS) is 18.6. The molecule has 1 aromatic carbocycles. The van der Waals surface area contributed by atoms with Crippen molar-refractivity contribution >= 4 is 35.2 Å². The van der Waals surface area contributed by atoms with E-state index in [9.17, 15) is 9.59 Å². The molecule has 2 aromatic rings. The lowest BCUT2D eigenvalue weighted by Crippen LogP contribution is -2.30. The number of nitrogens with zero attached hydrogens (tertiary/aromatic N) is 2. The van der Waals surface area contributed by atoms with E-state index in [2.05, 4.69) is 4.98 Å². The van der Waals surface area contributed by atoms with Crippen LogP contribution in [0.1, 0.15) is 25.7 Å². The summed E-state index contributed by atoms with van der Waals surface area (Å²) in [4.78, 5) is 29.1. The average molecular weight is 433 g/mol. The first-order chi connectivity index (χ1) is 14.5. The average Bonchev–Trinajstić information content (AvgIpc) is 2.75. The summed E-state index contributed by atoms with van der Waals surface area (Å²) in [6.45, 7) is 0.535. The molecule has 0 atom stereocenters. The first-order valence-corrected chi connectivity index (χ1v) is 10.3. The van der Waals surface area contributed by atoms with Gasteiger partial charge < -0.3 is 14.6 Å². The highest BCUT2D eigenvalue weighted by Gasteiger charge is 2.25. The van der Waals surface area contributed by atoms with Crippen LogP contribution in [-0.4, -0.2) is 42.0 Å². The van der Waals surface area contributed by atoms with Gasteiger partial charge in [-0.25, -0.2) is 19.5 Å². The molecular formula is C22H25ClN2O5. The van der Waals surface area contributed by atoms with Gasteiger partial charge in [-0.2, -0.15) is 0 Å². The van der Waals surface area contributed by atoms with Crippen LogP contribution in [-0.2, 0) is 14.3 Å². The summed E-state index contributed by atoms with van der Waals surface area (Å²) in [5.41, 5.74) is 0.664. The molecule has 0 saturated heterocycles. The SMILES string of the molecule is O=C(O)COC[C@H]1CC[C@H](COC(=O)N(c2ccccc2)c2ccc(Cl)cn2)CC1. The molecule has 0 spiro atoms. The number of hydrogen-bond acceptors (Lipinski definition) is 5. The number of anilines is 2. The number of aromatic nitrogens is 1. The second-order valence-corrected chi connectivity index (χ2v) is 7.81. The van der Waals surface area contributed by atoms with Crippen molar-refractivity contribution in [1.29, 1.82) is 0 Å². The number of hydrogen-bond donors (Lipinski definition) is 1. The molecule has 1 heterocycles. The second-order valence-electron chi connectivity index (χ2n) is 7.38. The molecule has 30 heavy (non-hydrogen) atoms.